The van der Waals surface area contributed by atoms with Crippen LogP contribution in [0.3, 0.4) is 0 Å². The molecule has 0 saturated carbocycles. The Morgan fingerprint density at radius 1 is 1.12 bits per heavy atom. The molecule has 0 aliphatic heterocycles. The van der Waals surface area contributed by atoms with Crippen molar-refractivity contribution in [2.45, 2.75) is 19.0 Å². The van der Waals surface area contributed by atoms with Gasteiger partial charge in [0, 0.05) is 0 Å². The number of phenolic OH excluding ortho intramolecular Hbond substituents is 1. The molecule has 0 unspecified atom stereocenters. The molecule has 0 fully saturated rings. The summed E-state index contributed by atoms with van der Waals surface area (Å²) in [4.78, 5) is 12.3. The van der Waals surface area contributed by atoms with E-state index in [-0.39, 0.29) is 28.7 Å². The number of hydrazone groups is 1. The smallest absolute Gasteiger partial charge is 0.342 e. The minimum atomic E-state index is -0.383. The number of nitrogens with zero attached hydrogens (tertiary/aromatic N) is 3. The first-order valence-electron chi connectivity index (χ1n) is 10.5. The molecule has 0 saturated heterocycles. The summed E-state index contributed by atoms with van der Waals surface area (Å²) in [5.74, 6) is 0.0318. The molecular weight excluding hydrogens is 450 g/mol. The minimum Gasteiger partial charge on any atom is -0.872 e. The molecule has 0 atom stereocenters. The number of aryl methyl sites for hydroxylation is 2. The van der Waals surface area contributed by atoms with E-state index >= 15 is 0 Å². The Kier molecular flexibility index (Phi) is 6.93. The lowest BCUT2D eigenvalue weighted by atomic mass is 10.1. The monoisotopic (exact) mass is 473 g/mol. The predicted octanol–water partition coefficient (Wildman–Crippen LogP) is 2.99. The van der Waals surface area contributed by atoms with Gasteiger partial charge in [-0.3, -0.25) is 4.79 Å². The number of amides is 1. The number of rotatable bonds is 7. The van der Waals surface area contributed by atoms with Crippen molar-refractivity contribution in [3.8, 4) is 28.6 Å². The van der Waals surface area contributed by atoms with E-state index in [9.17, 15) is 15.0 Å². The molecule has 1 heterocycles. The third-order valence-electron chi connectivity index (χ3n) is 5.01. The number of hydrogen-bond donors (Lipinski definition) is 3. The maximum atomic E-state index is 12.3. The van der Waals surface area contributed by atoms with Gasteiger partial charge in [-0.1, -0.05) is 47.2 Å². The molecule has 0 aliphatic carbocycles. The van der Waals surface area contributed by atoms with E-state index in [1.54, 1.807) is 0 Å². The average Bonchev–Trinajstić information content (AvgIpc) is 3.24. The van der Waals surface area contributed by atoms with Gasteiger partial charge < -0.3 is 10.2 Å². The van der Waals surface area contributed by atoms with Crippen molar-refractivity contribution < 1.29 is 19.6 Å². The minimum absolute atomic E-state index is 0.0706. The number of carbonyl (C=O) groups is 1. The number of thioether (sulfide) groups is 1. The van der Waals surface area contributed by atoms with Crippen molar-refractivity contribution in [3.05, 3.63) is 83.4 Å². The first-order chi connectivity index (χ1) is 16.4. The van der Waals surface area contributed by atoms with Gasteiger partial charge in [0.05, 0.1) is 22.6 Å². The zero-order valence-electron chi connectivity index (χ0n) is 18.6. The van der Waals surface area contributed by atoms with Crippen LogP contribution in [0.5, 0.6) is 11.5 Å². The number of benzene rings is 3. The fraction of sp³-hybridized carbons (Fsp3) is 0.120. The highest BCUT2D eigenvalue weighted by molar-refractivity contribution is 7.99. The molecule has 8 nitrogen and oxygen atoms in total. The molecule has 4 rings (SSSR count). The highest BCUT2D eigenvalue weighted by Crippen LogP contribution is 2.21. The summed E-state index contributed by atoms with van der Waals surface area (Å²) in [6.07, 6.45) is 1.25. The molecule has 0 radical (unpaired) electrons. The van der Waals surface area contributed by atoms with Gasteiger partial charge in [0.25, 0.3) is 11.7 Å². The van der Waals surface area contributed by atoms with Gasteiger partial charge in [0.2, 0.25) is 0 Å². The normalized spacial score (nSPS) is 11.1. The van der Waals surface area contributed by atoms with Crippen LogP contribution < -0.4 is 15.1 Å². The van der Waals surface area contributed by atoms with E-state index in [1.165, 1.54) is 30.1 Å². The lowest BCUT2D eigenvalue weighted by Gasteiger charge is -2.09. The Labute approximate surface area is 201 Å². The molecular formula is C25H23N5O3S. The molecule has 4 aromatic rings. The summed E-state index contributed by atoms with van der Waals surface area (Å²) in [7, 11) is 0. The van der Waals surface area contributed by atoms with Crippen molar-refractivity contribution >= 4 is 23.9 Å². The summed E-state index contributed by atoms with van der Waals surface area (Å²) in [6, 6.07) is 20.1. The fourth-order valence-corrected chi connectivity index (χ4v) is 3.96. The Morgan fingerprint density at radius 3 is 2.47 bits per heavy atom. The molecule has 0 aliphatic rings. The number of hydrogen-bond acceptors (Lipinski definition) is 6. The van der Waals surface area contributed by atoms with E-state index < -0.39 is 0 Å². The summed E-state index contributed by atoms with van der Waals surface area (Å²) in [6.45, 7) is 4.06. The zero-order valence-corrected chi connectivity index (χ0v) is 19.5. The number of aromatic hydroxyl groups is 1. The molecule has 3 N–H and O–H groups in total. The highest BCUT2D eigenvalue weighted by Gasteiger charge is 2.24. The van der Waals surface area contributed by atoms with Crippen LogP contribution in [0.4, 0.5) is 0 Å². The van der Waals surface area contributed by atoms with Crippen LogP contribution in [-0.2, 0) is 4.79 Å². The maximum absolute atomic E-state index is 12.3. The zero-order chi connectivity index (χ0) is 24.1. The van der Waals surface area contributed by atoms with Crippen LogP contribution in [0.15, 0.2) is 77.0 Å². The molecule has 34 heavy (non-hydrogen) atoms. The molecule has 1 amide bonds. The van der Waals surface area contributed by atoms with Crippen LogP contribution in [0.25, 0.3) is 17.1 Å². The quantitative estimate of drug-likeness (QED) is 0.165. The number of aromatic amines is 1. The van der Waals surface area contributed by atoms with Gasteiger partial charge in [0.1, 0.15) is 11.4 Å². The standard InChI is InChI=1S/C25H23N5O3S/c1-16-3-7-18(8-4-16)24-28-29-25(30(24)20-10-5-17(2)6-11-20)34-15-23(33)27-26-14-19-9-12-21(31)13-22(19)32/h3-14H,15H2,1-2H3,(H3,26,27,31,32,33). The average molecular weight is 474 g/mol. The van der Waals surface area contributed by atoms with Crippen LogP contribution in [0, 0.1) is 13.8 Å². The third-order valence-corrected chi connectivity index (χ3v) is 5.95. The van der Waals surface area contributed by atoms with Crippen LogP contribution in [-0.4, -0.2) is 33.2 Å². The van der Waals surface area contributed by atoms with E-state index in [0.717, 1.165) is 34.3 Å². The van der Waals surface area contributed by atoms with Crippen LogP contribution in [0.2, 0.25) is 0 Å². The highest BCUT2D eigenvalue weighted by atomic mass is 32.2. The number of aromatic nitrogens is 3. The number of phenols is 1. The Bertz CT molecular complexity index is 1330. The van der Waals surface area contributed by atoms with E-state index in [2.05, 4.69) is 20.7 Å². The first-order valence-corrected chi connectivity index (χ1v) is 11.5. The van der Waals surface area contributed by atoms with E-state index in [1.807, 2.05) is 66.9 Å². The number of carbonyl (C=O) groups excluding carboxylic acids is 1. The molecule has 1 aromatic heterocycles. The van der Waals surface area contributed by atoms with Gasteiger partial charge in [-0.05, 0) is 67.6 Å². The van der Waals surface area contributed by atoms with Crippen molar-refractivity contribution in [2.75, 3.05) is 5.75 Å². The van der Waals surface area contributed by atoms with E-state index in [4.69, 9.17) is 0 Å². The topological polar surface area (TPSA) is 117 Å². The van der Waals surface area contributed by atoms with Crippen molar-refractivity contribution in [1.82, 2.24) is 15.6 Å². The molecule has 3 aromatic carbocycles. The van der Waals surface area contributed by atoms with Crippen molar-refractivity contribution in [2.24, 2.45) is 5.10 Å². The van der Waals surface area contributed by atoms with Crippen molar-refractivity contribution in [1.29, 1.82) is 0 Å². The third kappa shape index (κ3) is 5.44. The summed E-state index contributed by atoms with van der Waals surface area (Å²) < 4.78 is 1.98. The number of H-pyrrole nitrogens is 1. The Balaban J connectivity index is 1.51. The van der Waals surface area contributed by atoms with Crippen LogP contribution in [0.1, 0.15) is 16.7 Å². The summed E-state index contributed by atoms with van der Waals surface area (Å²) in [5, 5.41) is 33.1. The van der Waals surface area contributed by atoms with Crippen molar-refractivity contribution in [3.63, 3.8) is 0 Å². The van der Waals surface area contributed by atoms with Gasteiger partial charge in [-0.2, -0.15) is 9.67 Å². The van der Waals surface area contributed by atoms with Gasteiger partial charge in [0.15, 0.2) is 0 Å². The van der Waals surface area contributed by atoms with Gasteiger partial charge in [-0.25, -0.2) is 5.43 Å². The lowest BCUT2D eigenvalue weighted by molar-refractivity contribution is -0.625. The molecule has 9 heteroatoms. The second-order valence-electron chi connectivity index (χ2n) is 7.70. The predicted molar refractivity (Wildman–Crippen MR) is 129 cm³/mol. The molecule has 0 spiro atoms. The molecule has 0 bridgehead atoms. The molecule has 172 valence electrons. The SMILES string of the molecule is Cc1ccc(-c2[nH]nc(SCC(=O)N/N=C/c3ccc(O)cc3[O-])[n+]2-c2ccc(C)cc2)cc1. The summed E-state index contributed by atoms with van der Waals surface area (Å²) >= 11 is 1.26. The van der Waals surface area contributed by atoms with Gasteiger partial charge >= 0.3 is 5.16 Å². The number of nitrogens with one attached hydrogen (secondary N) is 2. The lowest BCUT2D eigenvalue weighted by Crippen LogP contribution is -2.34. The second-order valence-corrected chi connectivity index (χ2v) is 8.64. The first kappa shape index (κ1) is 23.1. The maximum Gasteiger partial charge on any atom is 0.342 e. The second kappa shape index (κ2) is 10.2. The summed E-state index contributed by atoms with van der Waals surface area (Å²) in [5.41, 5.74) is 6.88. The Morgan fingerprint density at radius 2 is 1.79 bits per heavy atom. The van der Waals surface area contributed by atoms with Crippen LogP contribution >= 0.6 is 11.8 Å². The van der Waals surface area contributed by atoms with Gasteiger partial charge in [-0.15, -0.1) is 5.10 Å². The fourth-order valence-electron chi connectivity index (χ4n) is 3.20. The largest absolute Gasteiger partial charge is 0.872 e. The van der Waals surface area contributed by atoms with E-state index in [0.29, 0.717) is 5.16 Å². The Hall–Kier alpha value is -4.11.